The van der Waals surface area contributed by atoms with Crippen LogP contribution in [0, 0.1) is 0 Å². The third-order valence-corrected chi connectivity index (χ3v) is 8.17. The molecule has 10 heteroatoms. The monoisotopic (exact) mass is 868 g/mol. The summed E-state index contributed by atoms with van der Waals surface area (Å²) >= 11 is 0. The van der Waals surface area contributed by atoms with E-state index in [2.05, 4.69) is 140 Å². The Kier molecular flexibility index (Phi) is 17.9. The van der Waals surface area contributed by atoms with E-state index in [0.717, 1.165) is 0 Å². The van der Waals surface area contributed by atoms with Crippen molar-refractivity contribution in [3.63, 3.8) is 0 Å². The van der Waals surface area contributed by atoms with Gasteiger partial charge >= 0.3 is 52.4 Å². The SMILES string of the molecule is CC(C)c1ccc2c(c1)[cH-]c1cc(C(C)C)ccc12.CC(C)c1ccc2c(c1)[cH-]c1cc(C(C)C)ccc12.CS(=O)(=O)[O-].CS(=O)(=O)[O-].[Zr+2].[Zr+2]. The molecule has 6 aromatic rings. The van der Waals surface area contributed by atoms with Crippen LogP contribution in [-0.4, -0.2) is 38.5 Å². The Morgan fingerprint density at radius 3 is 0.720 bits per heavy atom. The standard InChI is InChI=1S/2C19H21.2CH4O3S.2Zr/c2*1-12(2)14-5-7-18-16(9-14)11-17-10-15(13(3)4)6-8-19(17)18;2*1-5(2,3)4;;/h2*5-13H,1-4H3;2*1H3,(H,2,3,4);;/q2*-1;;;2*+2/p-2. The number of hydrogen-bond acceptors (Lipinski definition) is 6. The molecule has 264 valence electrons. The summed E-state index contributed by atoms with van der Waals surface area (Å²) in [5.74, 6) is 2.37. The van der Waals surface area contributed by atoms with E-state index in [1.165, 1.54) is 65.3 Å². The molecule has 0 saturated carbocycles. The molecule has 0 unspecified atom stereocenters. The van der Waals surface area contributed by atoms with Gasteiger partial charge in [0.1, 0.15) is 0 Å². The molecule has 0 atom stereocenters. The molecule has 6 aromatic carbocycles. The number of hydrogen-bond donors (Lipinski definition) is 0. The minimum Gasteiger partial charge on any atom is -0.748 e. The summed E-state index contributed by atoms with van der Waals surface area (Å²) in [6.07, 6.45) is 1.21. The molecule has 0 aliphatic carbocycles. The average molecular weight is 871 g/mol. The van der Waals surface area contributed by atoms with E-state index in [9.17, 15) is 0 Å². The van der Waals surface area contributed by atoms with Crippen molar-refractivity contribution in [1.29, 1.82) is 0 Å². The first-order valence-corrected chi connectivity index (χ1v) is 19.8. The molecule has 0 bridgehead atoms. The Hall–Kier alpha value is -1.79. The van der Waals surface area contributed by atoms with Crippen molar-refractivity contribution in [3.05, 3.63) is 107 Å². The predicted octanol–water partition coefficient (Wildman–Crippen LogP) is 10.2. The average Bonchev–Trinajstić information content (AvgIpc) is 3.51. The molecular formula is C40H48O6S2Zr2. The van der Waals surface area contributed by atoms with Crippen LogP contribution in [0.15, 0.2) is 84.9 Å². The molecule has 0 aromatic heterocycles. The van der Waals surface area contributed by atoms with E-state index in [4.69, 9.17) is 25.9 Å². The van der Waals surface area contributed by atoms with Gasteiger partial charge in [-0.3, -0.25) is 0 Å². The van der Waals surface area contributed by atoms with E-state index >= 15 is 0 Å². The van der Waals surface area contributed by atoms with Crippen LogP contribution in [0.4, 0.5) is 0 Å². The Balaban J connectivity index is 0.000000383. The van der Waals surface area contributed by atoms with E-state index in [1.54, 1.807) is 0 Å². The van der Waals surface area contributed by atoms with E-state index < -0.39 is 20.2 Å². The van der Waals surface area contributed by atoms with E-state index in [-0.39, 0.29) is 52.4 Å². The Labute approximate surface area is 337 Å². The summed E-state index contributed by atoms with van der Waals surface area (Å²) in [6.45, 7) is 18.0. The second-order valence-corrected chi connectivity index (χ2v) is 16.5. The largest absolute Gasteiger partial charge is 2.00 e. The van der Waals surface area contributed by atoms with Gasteiger partial charge in [0, 0.05) is 12.5 Å². The van der Waals surface area contributed by atoms with Gasteiger partial charge in [-0.05, 0) is 23.7 Å². The summed E-state index contributed by atoms with van der Waals surface area (Å²) in [7, 11) is -7.83. The van der Waals surface area contributed by atoms with Crippen LogP contribution in [0.1, 0.15) is 101 Å². The third-order valence-electron chi connectivity index (χ3n) is 8.17. The number of rotatable bonds is 4. The van der Waals surface area contributed by atoms with Gasteiger partial charge in [-0.2, -0.15) is 0 Å². The van der Waals surface area contributed by atoms with Gasteiger partial charge in [-0.1, -0.05) is 126 Å². The molecule has 0 spiro atoms. The smallest absolute Gasteiger partial charge is 0.748 e. The zero-order chi connectivity index (χ0) is 36.1. The molecule has 0 aliphatic heterocycles. The van der Waals surface area contributed by atoms with Crippen molar-refractivity contribution in [2.24, 2.45) is 0 Å². The summed E-state index contributed by atoms with van der Waals surface area (Å²) in [5, 5.41) is 11.0. The van der Waals surface area contributed by atoms with Crippen LogP contribution < -0.4 is 0 Å². The normalized spacial score (nSPS) is 11.5. The fourth-order valence-electron chi connectivity index (χ4n) is 5.56. The first-order valence-electron chi connectivity index (χ1n) is 16.2. The van der Waals surface area contributed by atoms with Crippen molar-refractivity contribution < 1.29 is 78.3 Å². The summed E-state index contributed by atoms with van der Waals surface area (Å²) in [4.78, 5) is 0. The second-order valence-electron chi connectivity index (χ2n) is 13.7. The molecule has 0 saturated heterocycles. The molecule has 6 rings (SSSR count). The summed E-state index contributed by atoms with van der Waals surface area (Å²) < 4.78 is 54.5. The first kappa shape index (κ1) is 46.2. The number of benzene rings is 4. The van der Waals surface area contributed by atoms with Crippen LogP contribution in [0.25, 0.3) is 43.1 Å². The quantitative estimate of drug-likeness (QED) is 0.129. The first-order chi connectivity index (χ1) is 22.1. The summed E-state index contributed by atoms with van der Waals surface area (Å²) in [6, 6.07) is 32.2. The van der Waals surface area contributed by atoms with Gasteiger partial charge in [-0.25, -0.2) is 16.8 Å². The maximum absolute atomic E-state index is 9.08. The molecule has 0 heterocycles. The maximum Gasteiger partial charge on any atom is 2.00 e. The number of fused-ring (bicyclic) bond motifs is 6. The van der Waals surface area contributed by atoms with Gasteiger partial charge in [0.15, 0.2) is 0 Å². The molecular weight excluding hydrogens is 823 g/mol. The van der Waals surface area contributed by atoms with Gasteiger partial charge in [0.2, 0.25) is 0 Å². The molecule has 0 aliphatic rings. The zero-order valence-electron chi connectivity index (χ0n) is 30.7. The van der Waals surface area contributed by atoms with E-state index in [1.807, 2.05) is 0 Å². The van der Waals surface area contributed by atoms with Gasteiger partial charge in [0.05, 0.1) is 20.2 Å². The van der Waals surface area contributed by atoms with Crippen LogP contribution in [-0.2, 0) is 72.6 Å². The van der Waals surface area contributed by atoms with Gasteiger partial charge in [0.25, 0.3) is 0 Å². The minimum absolute atomic E-state index is 0. The zero-order valence-corrected chi connectivity index (χ0v) is 37.2. The summed E-state index contributed by atoms with van der Waals surface area (Å²) in [5.41, 5.74) is 5.69. The van der Waals surface area contributed by atoms with E-state index in [0.29, 0.717) is 36.2 Å². The Morgan fingerprint density at radius 1 is 0.420 bits per heavy atom. The minimum atomic E-state index is -3.92. The van der Waals surface area contributed by atoms with Crippen molar-refractivity contribution in [2.75, 3.05) is 12.5 Å². The molecule has 0 radical (unpaired) electrons. The molecule has 0 amide bonds. The molecule has 50 heavy (non-hydrogen) atoms. The third kappa shape index (κ3) is 14.0. The topological polar surface area (TPSA) is 114 Å². The molecule has 0 fully saturated rings. The van der Waals surface area contributed by atoms with Crippen LogP contribution in [0.3, 0.4) is 0 Å². The van der Waals surface area contributed by atoms with Crippen molar-refractivity contribution in [2.45, 2.75) is 79.1 Å². The Morgan fingerprint density at radius 2 is 0.580 bits per heavy atom. The molecule has 6 nitrogen and oxygen atoms in total. The fourth-order valence-corrected chi connectivity index (χ4v) is 5.56. The van der Waals surface area contributed by atoms with Crippen LogP contribution in [0.5, 0.6) is 0 Å². The van der Waals surface area contributed by atoms with Crippen molar-refractivity contribution >= 4 is 63.3 Å². The van der Waals surface area contributed by atoms with Crippen LogP contribution in [0.2, 0.25) is 0 Å². The Bertz CT molecular complexity index is 1930. The predicted molar refractivity (Wildman–Crippen MR) is 202 cm³/mol. The van der Waals surface area contributed by atoms with Gasteiger partial charge in [-0.15, -0.1) is 79.5 Å². The van der Waals surface area contributed by atoms with Crippen molar-refractivity contribution in [1.82, 2.24) is 0 Å². The fraction of sp³-hybridized carbons (Fsp3) is 0.350. The van der Waals surface area contributed by atoms with Gasteiger partial charge < -0.3 is 9.11 Å². The maximum atomic E-state index is 9.08. The molecule has 0 N–H and O–H groups in total. The second kappa shape index (κ2) is 19.3. The van der Waals surface area contributed by atoms with Crippen LogP contribution >= 0.6 is 0 Å². The van der Waals surface area contributed by atoms with Crippen molar-refractivity contribution in [3.8, 4) is 0 Å².